The van der Waals surface area contributed by atoms with E-state index < -0.39 is 0 Å². The first-order chi connectivity index (χ1) is 26.3. The molecule has 2 heterocycles. The molecule has 0 saturated heterocycles. The second-order valence-corrected chi connectivity index (χ2v) is 14.8. The molecule has 0 saturated carbocycles. The van der Waals surface area contributed by atoms with Gasteiger partial charge in [-0.05, 0) is 87.4 Å². The zero-order valence-corrected chi connectivity index (χ0v) is 29.5. The van der Waals surface area contributed by atoms with E-state index in [1.165, 1.54) is 58.6 Å². The molecule has 248 valence electrons. The summed E-state index contributed by atoms with van der Waals surface area (Å²) in [5.74, 6) is 0. The van der Waals surface area contributed by atoms with E-state index in [9.17, 15) is 0 Å². The van der Waals surface area contributed by atoms with Crippen LogP contribution in [0.2, 0.25) is 0 Å². The number of rotatable bonds is 5. The SMILES string of the molecule is c1ccc(N(c2ccc(-c3ccc4ccccc4c3)cc2)c2cccc3oc4c5ccccc5ccc4c23)c(-c2ccc3c(c2)sc2ccccc23)c1. The molecular weight excluding hydrogens is 663 g/mol. The Kier molecular flexibility index (Phi) is 6.76. The van der Waals surface area contributed by atoms with Crippen molar-refractivity contribution in [2.24, 2.45) is 0 Å². The third kappa shape index (κ3) is 4.86. The molecule has 2 nitrogen and oxygen atoms in total. The highest BCUT2D eigenvalue weighted by atomic mass is 32.1. The van der Waals surface area contributed by atoms with Gasteiger partial charge in [0.2, 0.25) is 0 Å². The van der Waals surface area contributed by atoms with Gasteiger partial charge in [0.15, 0.2) is 0 Å². The van der Waals surface area contributed by atoms with Gasteiger partial charge in [-0.2, -0.15) is 0 Å². The molecule has 3 heteroatoms. The van der Waals surface area contributed by atoms with E-state index in [-0.39, 0.29) is 0 Å². The summed E-state index contributed by atoms with van der Waals surface area (Å²) in [5.41, 5.74) is 9.78. The highest BCUT2D eigenvalue weighted by molar-refractivity contribution is 7.25. The number of hydrogen-bond acceptors (Lipinski definition) is 3. The molecule has 0 aliphatic heterocycles. The van der Waals surface area contributed by atoms with Crippen molar-refractivity contribution in [2.75, 3.05) is 4.90 Å². The van der Waals surface area contributed by atoms with Crippen LogP contribution in [0.3, 0.4) is 0 Å². The maximum absolute atomic E-state index is 6.71. The van der Waals surface area contributed by atoms with Crippen LogP contribution in [0, 0.1) is 0 Å². The highest BCUT2D eigenvalue weighted by Crippen LogP contribution is 2.47. The Morgan fingerprint density at radius 2 is 1.06 bits per heavy atom. The molecule has 0 unspecified atom stereocenters. The predicted octanol–water partition coefficient (Wildman–Crippen LogP) is 15.1. The molecule has 0 radical (unpaired) electrons. The van der Waals surface area contributed by atoms with Gasteiger partial charge in [-0.3, -0.25) is 0 Å². The van der Waals surface area contributed by atoms with Gasteiger partial charge >= 0.3 is 0 Å². The lowest BCUT2D eigenvalue weighted by atomic mass is 9.98. The molecule has 0 amide bonds. The monoisotopic (exact) mass is 693 g/mol. The molecule has 0 fully saturated rings. The zero-order valence-electron chi connectivity index (χ0n) is 28.7. The Balaban J connectivity index is 1.13. The van der Waals surface area contributed by atoms with Crippen molar-refractivity contribution in [1.82, 2.24) is 0 Å². The number of hydrogen-bond donors (Lipinski definition) is 0. The van der Waals surface area contributed by atoms with E-state index in [1.54, 1.807) is 0 Å². The average molecular weight is 694 g/mol. The van der Waals surface area contributed by atoms with Gasteiger partial charge in [-0.25, -0.2) is 0 Å². The molecule has 9 aromatic carbocycles. The Morgan fingerprint density at radius 3 is 1.96 bits per heavy atom. The molecule has 0 N–H and O–H groups in total. The summed E-state index contributed by atoms with van der Waals surface area (Å²) < 4.78 is 9.31. The molecule has 0 bridgehead atoms. The Hall–Kier alpha value is -6.68. The standard InChI is InChI=1S/C50H31NOS/c1-2-12-35-30-36(21-20-32(35)10-1)33-22-26-38(27-23-33)51(45-17-9-18-46-49(45)43-29-24-34-11-3-4-14-40(34)50(43)52-46)44-16-7-5-13-39(44)37-25-28-42-41-15-6-8-19-47(41)53-48(42)31-37/h1-31H. The zero-order chi connectivity index (χ0) is 34.9. The van der Waals surface area contributed by atoms with Gasteiger partial charge in [-0.15, -0.1) is 11.3 Å². The summed E-state index contributed by atoms with van der Waals surface area (Å²) >= 11 is 1.86. The largest absolute Gasteiger partial charge is 0.455 e. The van der Waals surface area contributed by atoms with Crippen LogP contribution in [-0.4, -0.2) is 0 Å². The number of fused-ring (bicyclic) bond motifs is 9. The smallest absolute Gasteiger partial charge is 0.143 e. The topological polar surface area (TPSA) is 16.4 Å². The summed E-state index contributed by atoms with van der Waals surface area (Å²) in [6.07, 6.45) is 0. The third-order valence-corrected chi connectivity index (χ3v) is 11.8. The minimum Gasteiger partial charge on any atom is -0.455 e. The van der Waals surface area contributed by atoms with Crippen molar-refractivity contribution in [2.45, 2.75) is 0 Å². The number of para-hydroxylation sites is 1. The van der Waals surface area contributed by atoms with E-state index in [0.717, 1.165) is 44.4 Å². The molecule has 0 aliphatic rings. The van der Waals surface area contributed by atoms with E-state index >= 15 is 0 Å². The summed E-state index contributed by atoms with van der Waals surface area (Å²) in [5, 5.41) is 9.60. The molecule has 0 atom stereocenters. The maximum atomic E-state index is 6.71. The maximum Gasteiger partial charge on any atom is 0.143 e. The minimum atomic E-state index is 0.871. The quantitative estimate of drug-likeness (QED) is 0.178. The van der Waals surface area contributed by atoms with Crippen LogP contribution in [-0.2, 0) is 0 Å². The molecule has 11 aromatic rings. The number of benzene rings is 9. The fourth-order valence-electron chi connectivity index (χ4n) is 8.11. The molecule has 0 spiro atoms. The number of anilines is 3. The number of thiophene rings is 1. The molecule has 0 aliphatic carbocycles. The molecular formula is C50H31NOS. The summed E-state index contributed by atoms with van der Waals surface area (Å²) in [7, 11) is 0. The molecule has 53 heavy (non-hydrogen) atoms. The predicted molar refractivity (Wildman–Crippen MR) is 227 cm³/mol. The van der Waals surface area contributed by atoms with E-state index in [2.05, 4.69) is 193 Å². The van der Waals surface area contributed by atoms with Crippen LogP contribution < -0.4 is 4.90 Å². The second-order valence-electron chi connectivity index (χ2n) is 13.7. The molecule has 11 rings (SSSR count). The second kappa shape index (κ2) is 11.9. The van der Waals surface area contributed by atoms with Crippen molar-refractivity contribution >= 4 is 92.1 Å². The van der Waals surface area contributed by atoms with Gasteiger partial charge in [-0.1, -0.05) is 133 Å². The number of furan rings is 1. The average Bonchev–Trinajstić information content (AvgIpc) is 3.80. The highest BCUT2D eigenvalue weighted by Gasteiger charge is 2.23. The van der Waals surface area contributed by atoms with Crippen LogP contribution in [0.4, 0.5) is 17.1 Å². The minimum absolute atomic E-state index is 0.871. The van der Waals surface area contributed by atoms with Gasteiger partial charge in [0.05, 0.1) is 16.8 Å². The van der Waals surface area contributed by atoms with E-state index in [4.69, 9.17) is 4.42 Å². The first kappa shape index (κ1) is 30.0. The van der Waals surface area contributed by atoms with Crippen LogP contribution in [0.1, 0.15) is 0 Å². The van der Waals surface area contributed by atoms with Crippen LogP contribution in [0.25, 0.3) is 85.9 Å². The fourth-order valence-corrected chi connectivity index (χ4v) is 9.25. The third-order valence-electron chi connectivity index (χ3n) is 10.6. The van der Waals surface area contributed by atoms with Gasteiger partial charge < -0.3 is 9.32 Å². The molecule has 2 aromatic heterocycles. The summed E-state index contributed by atoms with van der Waals surface area (Å²) in [6, 6.07) is 68.0. The van der Waals surface area contributed by atoms with Crippen LogP contribution in [0.5, 0.6) is 0 Å². The van der Waals surface area contributed by atoms with Crippen molar-refractivity contribution in [3.63, 3.8) is 0 Å². The van der Waals surface area contributed by atoms with Crippen molar-refractivity contribution in [3.05, 3.63) is 188 Å². The first-order valence-corrected chi connectivity index (χ1v) is 18.8. The van der Waals surface area contributed by atoms with E-state index in [0.29, 0.717) is 0 Å². The van der Waals surface area contributed by atoms with Crippen molar-refractivity contribution in [3.8, 4) is 22.3 Å². The lowest BCUT2D eigenvalue weighted by Crippen LogP contribution is -2.11. The van der Waals surface area contributed by atoms with Gasteiger partial charge in [0, 0.05) is 42.2 Å². The summed E-state index contributed by atoms with van der Waals surface area (Å²) in [4.78, 5) is 2.42. The van der Waals surface area contributed by atoms with Crippen LogP contribution in [0.15, 0.2) is 192 Å². The van der Waals surface area contributed by atoms with Crippen LogP contribution >= 0.6 is 11.3 Å². The summed E-state index contributed by atoms with van der Waals surface area (Å²) in [6.45, 7) is 0. The Labute approximate surface area is 310 Å². The van der Waals surface area contributed by atoms with E-state index in [1.807, 2.05) is 11.3 Å². The van der Waals surface area contributed by atoms with Gasteiger partial charge in [0.25, 0.3) is 0 Å². The van der Waals surface area contributed by atoms with Crippen molar-refractivity contribution in [1.29, 1.82) is 0 Å². The Morgan fingerprint density at radius 1 is 0.396 bits per heavy atom. The fraction of sp³-hybridized carbons (Fsp3) is 0. The normalized spacial score (nSPS) is 11.8. The first-order valence-electron chi connectivity index (χ1n) is 18.0. The lowest BCUT2D eigenvalue weighted by Gasteiger charge is -2.28. The van der Waals surface area contributed by atoms with Gasteiger partial charge in [0.1, 0.15) is 11.2 Å². The lowest BCUT2D eigenvalue weighted by molar-refractivity contribution is 0.672. The number of nitrogens with zero attached hydrogens (tertiary/aromatic N) is 1. The Bertz CT molecular complexity index is 3190. The van der Waals surface area contributed by atoms with Crippen molar-refractivity contribution < 1.29 is 4.42 Å².